The molecule has 4 aromatic heterocycles. The van der Waals surface area contributed by atoms with Crippen LogP contribution >= 0.6 is 0 Å². The molecule has 6 heteroatoms. The lowest BCUT2D eigenvalue weighted by Gasteiger charge is -2.15. The van der Waals surface area contributed by atoms with Crippen LogP contribution in [0.15, 0.2) is 194 Å². The zero-order valence-corrected chi connectivity index (χ0v) is 31.7. The minimum atomic E-state index is 0.575. The fourth-order valence-electron chi connectivity index (χ4n) is 9.59. The third kappa shape index (κ3) is 4.54. The van der Waals surface area contributed by atoms with E-state index < -0.39 is 0 Å². The summed E-state index contributed by atoms with van der Waals surface area (Å²) in [6, 6.07) is 69.0. The molecule has 0 aliphatic rings. The van der Waals surface area contributed by atoms with E-state index in [1.54, 1.807) is 0 Å². The molecule has 0 amide bonds. The van der Waals surface area contributed by atoms with Gasteiger partial charge in [-0.25, -0.2) is 4.98 Å². The minimum Gasteiger partial charge on any atom is -0.309 e. The molecule has 13 rings (SSSR count). The van der Waals surface area contributed by atoms with Crippen LogP contribution in [0.2, 0.25) is 0 Å². The molecular formula is C53H32N6. The molecule has 59 heavy (non-hydrogen) atoms. The first-order valence-electron chi connectivity index (χ1n) is 20.0. The summed E-state index contributed by atoms with van der Waals surface area (Å²) in [5.41, 5.74) is 10.9. The standard InChI is InChI=1S/C53H32N6/c1-3-15-33(16-4-1)51-54-52(34-17-5-2-6-18-34)56-53(55-51)59-47-31-29-45(57-41-23-11-7-19-35(41)36-20-8-12-24-42(36)57)39-27-28-40-46(30-32-48(59)50(40)49(39)47)58-43-25-13-9-21-37(43)38-22-10-14-26-44(38)58/h1-32H. The van der Waals surface area contributed by atoms with Gasteiger partial charge in [0.15, 0.2) is 11.6 Å². The number of fused-ring (bicyclic) bond motifs is 6. The summed E-state index contributed by atoms with van der Waals surface area (Å²) in [4.78, 5) is 15.6. The Kier molecular flexibility index (Phi) is 6.63. The molecule has 0 unspecified atom stereocenters. The van der Waals surface area contributed by atoms with Gasteiger partial charge in [0.2, 0.25) is 5.95 Å². The van der Waals surface area contributed by atoms with Crippen molar-refractivity contribution in [2.45, 2.75) is 0 Å². The van der Waals surface area contributed by atoms with Crippen molar-refractivity contribution in [1.29, 1.82) is 0 Å². The van der Waals surface area contributed by atoms with Gasteiger partial charge in [0.05, 0.1) is 44.5 Å². The summed E-state index contributed by atoms with van der Waals surface area (Å²) in [6.45, 7) is 0. The first kappa shape index (κ1) is 32.0. The summed E-state index contributed by atoms with van der Waals surface area (Å²) >= 11 is 0. The molecule has 0 saturated heterocycles. The summed E-state index contributed by atoms with van der Waals surface area (Å²) in [5.74, 6) is 1.83. The van der Waals surface area contributed by atoms with E-state index in [1.807, 2.05) is 36.4 Å². The van der Waals surface area contributed by atoms with Crippen molar-refractivity contribution in [3.05, 3.63) is 194 Å². The van der Waals surface area contributed by atoms with Gasteiger partial charge in [0.1, 0.15) is 0 Å². The highest BCUT2D eigenvalue weighted by Crippen LogP contribution is 2.45. The largest absolute Gasteiger partial charge is 0.309 e. The van der Waals surface area contributed by atoms with Gasteiger partial charge in [-0.2, -0.15) is 9.97 Å². The Balaban J connectivity index is 1.18. The highest BCUT2D eigenvalue weighted by Gasteiger charge is 2.25. The van der Waals surface area contributed by atoms with Crippen molar-refractivity contribution >= 4 is 76.2 Å². The number of aromatic nitrogens is 6. The molecule has 13 aromatic rings. The SMILES string of the molecule is c1ccc(-c2nc(-c3ccccc3)nc(-n3c4ccc(-n5c6ccccc6c6ccccc65)c5ccc6c(-n7c8ccccc8c8ccccc87)ccc3c6c54)n2)cc1. The maximum atomic E-state index is 5.27. The monoisotopic (exact) mass is 752 g/mol. The predicted octanol–water partition coefficient (Wildman–Crippen LogP) is 13.1. The van der Waals surface area contributed by atoms with Gasteiger partial charge in [-0.1, -0.05) is 146 Å². The summed E-state index contributed by atoms with van der Waals surface area (Å²) in [6.07, 6.45) is 0. The van der Waals surface area contributed by atoms with E-state index in [1.165, 1.54) is 54.4 Å². The van der Waals surface area contributed by atoms with Crippen molar-refractivity contribution in [3.63, 3.8) is 0 Å². The molecule has 0 fully saturated rings. The van der Waals surface area contributed by atoms with E-state index in [2.05, 4.69) is 171 Å². The topological polar surface area (TPSA) is 53.5 Å². The van der Waals surface area contributed by atoms with E-state index in [0.29, 0.717) is 17.6 Å². The van der Waals surface area contributed by atoms with Gasteiger partial charge < -0.3 is 9.13 Å². The van der Waals surface area contributed by atoms with E-state index in [9.17, 15) is 0 Å². The lowest BCUT2D eigenvalue weighted by Crippen LogP contribution is -2.06. The van der Waals surface area contributed by atoms with Crippen LogP contribution in [0.3, 0.4) is 0 Å². The molecule has 0 atom stereocenters. The van der Waals surface area contributed by atoms with Crippen molar-refractivity contribution in [3.8, 4) is 40.1 Å². The minimum absolute atomic E-state index is 0.575. The van der Waals surface area contributed by atoms with E-state index in [4.69, 9.17) is 15.0 Å². The first-order chi connectivity index (χ1) is 29.3. The van der Waals surface area contributed by atoms with Gasteiger partial charge in [0, 0.05) is 54.2 Å². The van der Waals surface area contributed by atoms with Gasteiger partial charge in [-0.05, 0) is 48.5 Å². The highest BCUT2D eigenvalue weighted by molar-refractivity contribution is 6.28. The number of hydrogen-bond acceptors (Lipinski definition) is 3. The van der Waals surface area contributed by atoms with Crippen LogP contribution in [0.5, 0.6) is 0 Å². The second kappa shape index (κ2) is 12.2. The molecule has 0 saturated carbocycles. The summed E-state index contributed by atoms with van der Waals surface area (Å²) in [5, 5.41) is 9.59. The van der Waals surface area contributed by atoms with Crippen LogP contribution in [-0.4, -0.2) is 28.7 Å². The average Bonchev–Trinajstić information content (AvgIpc) is 3.95. The van der Waals surface area contributed by atoms with Crippen LogP contribution in [-0.2, 0) is 0 Å². The Labute approximate surface area is 337 Å². The van der Waals surface area contributed by atoms with Gasteiger partial charge >= 0.3 is 0 Å². The number of rotatable bonds is 5. The Morgan fingerprint density at radius 3 is 1.00 bits per heavy atom. The van der Waals surface area contributed by atoms with Crippen LogP contribution in [0.1, 0.15) is 0 Å². The highest BCUT2D eigenvalue weighted by atomic mass is 15.2. The molecule has 0 aliphatic carbocycles. The number of nitrogens with zero attached hydrogens (tertiary/aromatic N) is 6. The molecule has 0 N–H and O–H groups in total. The average molecular weight is 753 g/mol. The third-order valence-corrected chi connectivity index (χ3v) is 12.1. The number of hydrogen-bond donors (Lipinski definition) is 0. The second-order valence-corrected chi connectivity index (χ2v) is 15.2. The Morgan fingerprint density at radius 2 is 0.610 bits per heavy atom. The lowest BCUT2D eigenvalue weighted by molar-refractivity contribution is 0.953. The summed E-state index contributed by atoms with van der Waals surface area (Å²) in [7, 11) is 0. The van der Waals surface area contributed by atoms with E-state index >= 15 is 0 Å². The van der Waals surface area contributed by atoms with Crippen molar-refractivity contribution in [2.75, 3.05) is 0 Å². The van der Waals surface area contributed by atoms with Crippen LogP contribution < -0.4 is 0 Å². The molecule has 0 aliphatic heterocycles. The second-order valence-electron chi connectivity index (χ2n) is 15.2. The maximum absolute atomic E-state index is 5.27. The zero-order chi connectivity index (χ0) is 38.6. The third-order valence-electron chi connectivity index (χ3n) is 12.1. The molecular weight excluding hydrogens is 721 g/mol. The van der Waals surface area contributed by atoms with Crippen LogP contribution in [0.4, 0.5) is 0 Å². The molecule has 274 valence electrons. The molecule has 0 spiro atoms. The summed E-state index contributed by atoms with van der Waals surface area (Å²) < 4.78 is 7.11. The van der Waals surface area contributed by atoms with Gasteiger partial charge in [-0.15, -0.1) is 0 Å². The Bertz CT molecular complexity index is 3430. The normalized spacial score (nSPS) is 12.1. The lowest BCUT2D eigenvalue weighted by atomic mass is 9.99. The fraction of sp³-hybridized carbons (Fsp3) is 0. The van der Waals surface area contributed by atoms with Gasteiger partial charge in [-0.3, -0.25) is 4.57 Å². The molecule has 0 bridgehead atoms. The molecule has 4 heterocycles. The zero-order valence-electron chi connectivity index (χ0n) is 31.7. The molecule has 6 nitrogen and oxygen atoms in total. The van der Waals surface area contributed by atoms with E-state index in [0.717, 1.165) is 44.3 Å². The van der Waals surface area contributed by atoms with Gasteiger partial charge in [0.25, 0.3) is 0 Å². The van der Waals surface area contributed by atoms with Crippen LogP contribution in [0.25, 0.3) is 116 Å². The first-order valence-corrected chi connectivity index (χ1v) is 20.0. The van der Waals surface area contributed by atoms with Crippen LogP contribution in [0, 0.1) is 0 Å². The smallest absolute Gasteiger partial charge is 0.238 e. The Hall–Kier alpha value is -8.09. The number of para-hydroxylation sites is 4. The maximum Gasteiger partial charge on any atom is 0.238 e. The van der Waals surface area contributed by atoms with Crippen molar-refractivity contribution in [1.82, 2.24) is 28.7 Å². The van der Waals surface area contributed by atoms with Crippen molar-refractivity contribution < 1.29 is 0 Å². The fourth-order valence-corrected chi connectivity index (χ4v) is 9.59. The van der Waals surface area contributed by atoms with E-state index in [-0.39, 0.29) is 0 Å². The molecule has 0 radical (unpaired) electrons. The molecule has 9 aromatic carbocycles. The quantitative estimate of drug-likeness (QED) is 0.165. The number of benzene rings is 9. The van der Waals surface area contributed by atoms with Crippen molar-refractivity contribution in [2.24, 2.45) is 0 Å². The Morgan fingerprint density at radius 1 is 0.254 bits per heavy atom. The predicted molar refractivity (Wildman–Crippen MR) is 242 cm³/mol.